The van der Waals surface area contributed by atoms with Gasteiger partial charge in [0.2, 0.25) is 0 Å². The molecule has 0 aliphatic heterocycles. The minimum Gasteiger partial charge on any atom is -0.444 e. The van der Waals surface area contributed by atoms with Crippen molar-refractivity contribution in [2.24, 2.45) is 4.99 Å². The van der Waals surface area contributed by atoms with Gasteiger partial charge in [0.1, 0.15) is 5.60 Å². The van der Waals surface area contributed by atoms with Crippen molar-refractivity contribution >= 4 is 22.9 Å². The normalized spacial score (nSPS) is 13.0. The fourth-order valence-corrected chi connectivity index (χ4v) is 2.96. The standard InChI is InChI=1S/C18H30N4O3S/c1-18(2,3)25-17(23)22-12-8-11-20-16(19-4)21-13-14-26(24)15-9-6-5-7-10-15/h5-7,9-10H,8,11-14H2,1-4H3,(H,22,23)(H2,19,20,21). The number of carbonyl (C=O) groups is 1. The zero-order valence-corrected chi connectivity index (χ0v) is 16.8. The summed E-state index contributed by atoms with van der Waals surface area (Å²) in [6.07, 6.45) is 0.319. The molecule has 0 aromatic heterocycles. The molecule has 3 N–H and O–H groups in total. The molecular weight excluding hydrogens is 352 g/mol. The lowest BCUT2D eigenvalue weighted by molar-refractivity contribution is 0.0527. The van der Waals surface area contributed by atoms with Gasteiger partial charge in [-0.15, -0.1) is 0 Å². The van der Waals surface area contributed by atoms with Crippen LogP contribution in [0.25, 0.3) is 0 Å². The van der Waals surface area contributed by atoms with Crippen molar-refractivity contribution in [3.63, 3.8) is 0 Å². The number of ether oxygens (including phenoxy) is 1. The summed E-state index contributed by atoms with van der Waals surface area (Å²) in [5.74, 6) is 1.15. The van der Waals surface area contributed by atoms with Crippen molar-refractivity contribution in [2.75, 3.05) is 32.4 Å². The average Bonchev–Trinajstić information content (AvgIpc) is 2.59. The molecule has 0 aliphatic rings. The third kappa shape index (κ3) is 10.0. The zero-order chi connectivity index (χ0) is 19.4. The molecule has 0 saturated carbocycles. The second-order valence-corrected chi connectivity index (χ2v) is 8.14. The van der Waals surface area contributed by atoms with E-state index in [4.69, 9.17) is 4.74 Å². The first-order valence-corrected chi connectivity index (χ1v) is 9.98. The molecule has 1 amide bonds. The molecular formula is C18H30N4O3S. The van der Waals surface area contributed by atoms with Gasteiger partial charge >= 0.3 is 6.09 Å². The molecule has 1 unspecified atom stereocenters. The first kappa shape index (κ1) is 22.0. The Kier molecular flexibility index (Phi) is 9.72. The number of nitrogens with one attached hydrogen (secondary N) is 3. The monoisotopic (exact) mass is 382 g/mol. The molecule has 0 aliphatic carbocycles. The molecule has 1 rings (SSSR count). The number of hydrogen-bond donors (Lipinski definition) is 3. The van der Waals surface area contributed by atoms with Crippen molar-refractivity contribution in [3.05, 3.63) is 30.3 Å². The van der Waals surface area contributed by atoms with Crippen molar-refractivity contribution in [2.45, 2.75) is 37.7 Å². The van der Waals surface area contributed by atoms with E-state index in [0.29, 0.717) is 31.3 Å². The van der Waals surface area contributed by atoms with E-state index < -0.39 is 22.5 Å². The number of hydrogen-bond acceptors (Lipinski definition) is 4. The van der Waals surface area contributed by atoms with Gasteiger partial charge in [-0.3, -0.25) is 9.20 Å². The highest BCUT2D eigenvalue weighted by Gasteiger charge is 2.15. The van der Waals surface area contributed by atoms with Crippen molar-refractivity contribution < 1.29 is 13.7 Å². The molecule has 0 bridgehead atoms. The zero-order valence-electron chi connectivity index (χ0n) is 16.0. The summed E-state index contributed by atoms with van der Waals surface area (Å²) in [5, 5.41) is 8.99. The Hall–Kier alpha value is -2.09. The van der Waals surface area contributed by atoms with Crippen molar-refractivity contribution in [3.8, 4) is 0 Å². The number of benzene rings is 1. The largest absolute Gasteiger partial charge is 0.444 e. The lowest BCUT2D eigenvalue weighted by Gasteiger charge is -2.19. The molecule has 1 aromatic carbocycles. The Morgan fingerprint density at radius 3 is 2.31 bits per heavy atom. The van der Waals surface area contributed by atoms with Crippen LogP contribution in [0.2, 0.25) is 0 Å². The minimum absolute atomic E-state index is 0.414. The maximum absolute atomic E-state index is 12.1. The maximum Gasteiger partial charge on any atom is 0.407 e. The first-order valence-electron chi connectivity index (χ1n) is 8.66. The summed E-state index contributed by atoms with van der Waals surface area (Å²) in [7, 11) is 0.652. The van der Waals surface area contributed by atoms with Gasteiger partial charge in [0.25, 0.3) is 0 Å². The summed E-state index contributed by atoms with van der Waals surface area (Å²) >= 11 is 0. The predicted octanol–water partition coefficient (Wildman–Crippen LogP) is 1.87. The molecule has 7 nitrogen and oxygen atoms in total. The third-order valence-corrected chi connectivity index (χ3v) is 4.50. The van der Waals surface area contributed by atoms with Gasteiger partial charge in [-0.2, -0.15) is 0 Å². The molecule has 0 radical (unpaired) electrons. The Labute approximate surface area is 158 Å². The minimum atomic E-state index is -1.03. The van der Waals surface area contributed by atoms with Gasteiger partial charge in [0.15, 0.2) is 5.96 Å². The van der Waals surface area contributed by atoms with E-state index in [1.807, 2.05) is 51.1 Å². The van der Waals surface area contributed by atoms with Crippen LogP contribution >= 0.6 is 0 Å². The molecule has 1 atom stereocenters. The average molecular weight is 383 g/mol. The number of nitrogens with zero attached hydrogens (tertiary/aromatic N) is 1. The van der Waals surface area contributed by atoms with Gasteiger partial charge in [-0.05, 0) is 39.3 Å². The van der Waals surface area contributed by atoms with Gasteiger partial charge < -0.3 is 20.7 Å². The highest BCUT2D eigenvalue weighted by Crippen LogP contribution is 2.06. The Balaban J connectivity index is 2.16. The van der Waals surface area contributed by atoms with Crippen LogP contribution < -0.4 is 16.0 Å². The first-order chi connectivity index (χ1) is 12.3. The van der Waals surface area contributed by atoms with Gasteiger partial charge in [-0.1, -0.05) is 18.2 Å². The molecule has 0 fully saturated rings. The number of carbonyl (C=O) groups excluding carboxylic acids is 1. The summed E-state index contributed by atoms with van der Waals surface area (Å²) < 4.78 is 17.3. The number of amides is 1. The number of aliphatic imine (C=N–C) groups is 1. The second-order valence-electron chi connectivity index (χ2n) is 6.57. The van der Waals surface area contributed by atoms with Gasteiger partial charge in [0, 0.05) is 37.3 Å². The highest BCUT2D eigenvalue weighted by molar-refractivity contribution is 7.85. The Bertz CT molecular complexity index is 600. The smallest absolute Gasteiger partial charge is 0.407 e. The van der Waals surface area contributed by atoms with Crippen LogP contribution in [0.3, 0.4) is 0 Å². The highest BCUT2D eigenvalue weighted by atomic mass is 32.2. The Morgan fingerprint density at radius 2 is 1.69 bits per heavy atom. The maximum atomic E-state index is 12.1. The van der Waals surface area contributed by atoms with E-state index in [9.17, 15) is 9.00 Å². The van der Waals surface area contributed by atoms with E-state index in [1.165, 1.54) is 0 Å². The van der Waals surface area contributed by atoms with E-state index in [0.717, 1.165) is 11.3 Å². The van der Waals surface area contributed by atoms with E-state index in [1.54, 1.807) is 7.05 Å². The quantitative estimate of drug-likeness (QED) is 0.363. The molecule has 0 heterocycles. The van der Waals surface area contributed by atoms with Crippen LogP contribution in [-0.2, 0) is 15.5 Å². The van der Waals surface area contributed by atoms with Crippen molar-refractivity contribution in [1.29, 1.82) is 0 Å². The SMILES string of the molecule is CN=C(NCCCNC(=O)OC(C)(C)C)NCCS(=O)c1ccccc1. The molecule has 8 heteroatoms. The number of rotatable bonds is 8. The van der Waals surface area contributed by atoms with E-state index in [-0.39, 0.29) is 0 Å². The lowest BCUT2D eigenvalue weighted by Crippen LogP contribution is -2.40. The van der Waals surface area contributed by atoms with Crippen LogP contribution in [0.1, 0.15) is 27.2 Å². The summed E-state index contributed by atoms with van der Waals surface area (Å²) in [6.45, 7) is 7.20. The molecule has 1 aromatic rings. The summed E-state index contributed by atoms with van der Waals surface area (Å²) in [4.78, 5) is 16.5. The van der Waals surface area contributed by atoms with E-state index >= 15 is 0 Å². The fourth-order valence-electron chi connectivity index (χ4n) is 1.97. The summed E-state index contributed by atoms with van der Waals surface area (Å²) in [5.41, 5.74) is -0.492. The topological polar surface area (TPSA) is 91.8 Å². The van der Waals surface area contributed by atoms with Crippen LogP contribution in [0.4, 0.5) is 4.79 Å². The molecule has 0 spiro atoms. The predicted molar refractivity (Wildman–Crippen MR) is 106 cm³/mol. The fraction of sp³-hybridized carbons (Fsp3) is 0.556. The summed E-state index contributed by atoms with van der Waals surface area (Å²) in [6, 6.07) is 9.39. The third-order valence-electron chi connectivity index (χ3n) is 3.12. The van der Waals surface area contributed by atoms with Gasteiger partial charge in [-0.25, -0.2) is 4.79 Å². The second kappa shape index (κ2) is 11.5. The van der Waals surface area contributed by atoms with Crippen LogP contribution in [0.15, 0.2) is 40.2 Å². The molecule has 146 valence electrons. The van der Waals surface area contributed by atoms with Gasteiger partial charge in [0.05, 0.1) is 10.8 Å². The number of alkyl carbamates (subject to hydrolysis) is 1. The molecule has 26 heavy (non-hydrogen) atoms. The van der Waals surface area contributed by atoms with Crippen molar-refractivity contribution in [1.82, 2.24) is 16.0 Å². The number of guanidine groups is 1. The van der Waals surface area contributed by atoms with Crippen LogP contribution in [-0.4, -0.2) is 54.3 Å². The van der Waals surface area contributed by atoms with Crippen LogP contribution in [0, 0.1) is 0 Å². The molecule has 0 saturated heterocycles. The van der Waals surface area contributed by atoms with E-state index in [2.05, 4.69) is 20.9 Å². The Morgan fingerprint density at radius 1 is 1.08 bits per heavy atom. The lowest BCUT2D eigenvalue weighted by atomic mass is 10.2. The van der Waals surface area contributed by atoms with Crippen LogP contribution in [0.5, 0.6) is 0 Å².